The van der Waals surface area contributed by atoms with Crippen LogP contribution in [0.1, 0.15) is 104 Å². The Morgan fingerprint density at radius 3 is 1.65 bits per heavy atom. The lowest BCUT2D eigenvalue weighted by Crippen LogP contribution is -1.93. The van der Waals surface area contributed by atoms with E-state index in [9.17, 15) is 4.79 Å². The molecule has 0 aliphatic carbocycles. The average molecular weight is 325 g/mol. The van der Waals surface area contributed by atoms with Gasteiger partial charge in [-0.1, -0.05) is 76.5 Å². The second-order valence-corrected chi connectivity index (χ2v) is 6.14. The molecule has 0 fully saturated rings. The van der Waals surface area contributed by atoms with Crippen LogP contribution < -0.4 is 0 Å². The summed E-state index contributed by atoms with van der Waals surface area (Å²) in [6, 6.07) is 0. The monoisotopic (exact) mass is 324 g/mol. The first-order chi connectivity index (χ1) is 11.2. The Kier molecular flexibility index (Phi) is 24.4. The molecule has 0 saturated heterocycles. The predicted molar refractivity (Wildman–Crippen MR) is 103 cm³/mol. The molecular weight excluding hydrogens is 284 g/mol. The number of hydrogen-bond acceptors (Lipinski definition) is 1. The zero-order valence-electron chi connectivity index (χ0n) is 15.7. The third kappa shape index (κ3) is 29.6. The Morgan fingerprint density at radius 1 is 0.826 bits per heavy atom. The van der Waals surface area contributed by atoms with E-state index in [1.54, 1.807) is 6.08 Å². The highest BCUT2D eigenvalue weighted by Gasteiger charge is 1.95. The van der Waals surface area contributed by atoms with E-state index in [0.29, 0.717) is 6.42 Å². The number of allylic oxidation sites excluding steroid dienone is 3. The molecule has 0 aromatic rings. The normalized spacial score (nSPS) is 10.3. The first kappa shape index (κ1) is 24.2. The third-order valence-electron chi connectivity index (χ3n) is 3.65. The highest BCUT2D eigenvalue weighted by atomic mass is 16.4. The summed E-state index contributed by atoms with van der Waals surface area (Å²) < 4.78 is 0. The number of carboxylic acid groups (broad SMARTS) is 1. The number of carboxylic acids is 1. The highest BCUT2D eigenvalue weighted by molar-refractivity contribution is 5.66. The van der Waals surface area contributed by atoms with Crippen molar-refractivity contribution in [2.45, 2.75) is 104 Å². The quantitative estimate of drug-likeness (QED) is 0.253. The van der Waals surface area contributed by atoms with Gasteiger partial charge in [0.1, 0.15) is 0 Å². The molecule has 0 aromatic carbocycles. The summed E-state index contributed by atoms with van der Waals surface area (Å²) in [6.45, 7) is 7.51. The molecule has 0 radical (unpaired) electrons. The fourth-order valence-corrected chi connectivity index (χ4v) is 2.35. The van der Waals surface area contributed by atoms with Crippen molar-refractivity contribution in [2.75, 3.05) is 0 Å². The Labute approximate surface area is 145 Å². The third-order valence-corrected chi connectivity index (χ3v) is 3.65. The molecule has 1 N–H and O–H groups in total. The summed E-state index contributed by atoms with van der Waals surface area (Å²) in [5, 5.41) is 8.51. The van der Waals surface area contributed by atoms with Gasteiger partial charge >= 0.3 is 5.97 Å². The van der Waals surface area contributed by atoms with E-state index in [-0.39, 0.29) is 0 Å². The van der Waals surface area contributed by atoms with Gasteiger partial charge in [0.2, 0.25) is 0 Å². The first-order valence-corrected chi connectivity index (χ1v) is 9.62. The van der Waals surface area contributed by atoms with Crippen LogP contribution in [0.4, 0.5) is 0 Å². The fourth-order valence-electron chi connectivity index (χ4n) is 2.35. The summed E-state index contributed by atoms with van der Waals surface area (Å²) in [6.07, 6.45) is 23.0. The molecule has 0 spiro atoms. The molecule has 0 atom stereocenters. The molecule has 0 aromatic heterocycles. The summed E-state index contributed by atoms with van der Waals surface area (Å²) >= 11 is 0. The number of hydrogen-bond donors (Lipinski definition) is 1. The number of aliphatic carboxylic acids is 1. The van der Waals surface area contributed by atoms with Crippen molar-refractivity contribution in [3.63, 3.8) is 0 Å². The van der Waals surface area contributed by atoms with Gasteiger partial charge in [0, 0.05) is 6.42 Å². The molecular formula is C21H40O2. The average Bonchev–Trinajstić information content (AvgIpc) is 2.51. The fraction of sp³-hybridized carbons (Fsp3) is 0.762. The number of rotatable bonds is 15. The Hall–Kier alpha value is -1.05. The molecule has 0 heterocycles. The minimum atomic E-state index is -0.664. The minimum absolute atomic E-state index is 0.332. The van der Waals surface area contributed by atoms with Crippen molar-refractivity contribution >= 4 is 5.97 Å². The van der Waals surface area contributed by atoms with Crippen LogP contribution in [0, 0.1) is 0 Å². The second kappa shape index (κ2) is 23.2. The van der Waals surface area contributed by atoms with Crippen LogP contribution >= 0.6 is 0 Å². The van der Waals surface area contributed by atoms with Crippen LogP contribution in [0.3, 0.4) is 0 Å². The molecule has 2 nitrogen and oxygen atoms in total. The van der Waals surface area contributed by atoms with Crippen LogP contribution in [0.15, 0.2) is 24.8 Å². The lowest BCUT2D eigenvalue weighted by atomic mass is 10.1. The van der Waals surface area contributed by atoms with Crippen molar-refractivity contribution < 1.29 is 9.90 Å². The lowest BCUT2D eigenvalue weighted by Gasteiger charge is -1.99. The maximum absolute atomic E-state index is 10.3. The zero-order chi connectivity index (χ0) is 17.6. The maximum Gasteiger partial charge on any atom is 0.303 e. The Balaban J connectivity index is 0. The van der Waals surface area contributed by atoms with Gasteiger partial charge in [-0.3, -0.25) is 4.79 Å². The highest BCUT2D eigenvalue weighted by Crippen LogP contribution is 2.09. The van der Waals surface area contributed by atoms with Crippen LogP contribution in [0.5, 0.6) is 0 Å². The van der Waals surface area contributed by atoms with E-state index in [1.807, 2.05) is 6.92 Å². The second-order valence-electron chi connectivity index (χ2n) is 6.14. The number of carbonyl (C=O) groups is 1. The van der Waals surface area contributed by atoms with E-state index in [1.165, 1.54) is 70.6 Å². The SMILES string of the molecule is C=CC.CCCCCCCCC=CCCCCCCCC(=O)O. The van der Waals surface area contributed by atoms with E-state index in [2.05, 4.69) is 25.7 Å². The lowest BCUT2D eigenvalue weighted by molar-refractivity contribution is -0.137. The van der Waals surface area contributed by atoms with Crippen LogP contribution in [-0.4, -0.2) is 11.1 Å². The van der Waals surface area contributed by atoms with Crippen molar-refractivity contribution in [1.29, 1.82) is 0 Å². The van der Waals surface area contributed by atoms with Crippen molar-refractivity contribution in [1.82, 2.24) is 0 Å². The smallest absolute Gasteiger partial charge is 0.303 e. The Bertz CT molecular complexity index is 269. The minimum Gasteiger partial charge on any atom is -0.481 e. The van der Waals surface area contributed by atoms with Crippen molar-refractivity contribution in [2.24, 2.45) is 0 Å². The van der Waals surface area contributed by atoms with Crippen molar-refractivity contribution in [3.8, 4) is 0 Å². The molecule has 2 heteroatoms. The Morgan fingerprint density at radius 2 is 1.22 bits per heavy atom. The molecule has 0 unspecified atom stereocenters. The summed E-state index contributed by atoms with van der Waals surface area (Å²) in [5.74, 6) is -0.664. The molecule has 23 heavy (non-hydrogen) atoms. The number of unbranched alkanes of at least 4 members (excludes halogenated alkanes) is 11. The van der Waals surface area contributed by atoms with Gasteiger partial charge in [-0.25, -0.2) is 0 Å². The molecule has 136 valence electrons. The van der Waals surface area contributed by atoms with Gasteiger partial charge in [0.05, 0.1) is 0 Å². The molecule has 0 aliphatic heterocycles. The van der Waals surface area contributed by atoms with Gasteiger partial charge in [-0.05, 0) is 39.0 Å². The van der Waals surface area contributed by atoms with E-state index in [0.717, 1.165) is 12.8 Å². The van der Waals surface area contributed by atoms with Gasteiger partial charge in [-0.15, -0.1) is 6.58 Å². The van der Waals surface area contributed by atoms with Gasteiger partial charge < -0.3 is 5.11 Å². The first-order valence-electron chi connectivity index (χ1n) is 9.62. The van der Waals surface area contributed by atoms with Crippen LogP contribution in [0.25, 0.3) is 0 Å². The molecule has 0 bridgehead atoms. The molecule has 0 rings (SSSR count). The van der Waals surface area contributed by atoms with E-state index < -0.39 is 5.97 Å². The van der Waals surface area contributed by atoms with Crippen LogP contribution in [-0.2, 0) is 4.79 Å². The van der Waals surface area contributed by atoms with Gasteiger partial charge in [0.25, 0.3) is 0 Å². The van der Waals surface area contributed by atoms with E-state index >= 15 is 0 Å². The largest absolute Gasteiger partial charge is 0.481 e. The zero-order valence-corrected chi connectivity index (χ0v) is 15.7. The topological polar surface area (TPSA) is 37.3 Å². The summed E-state index contributed by atoms with van der Waals surface area (Å²) in [5.41, 5.74) is 0. The van der Waals surface area contributed by atoms with Gasteiger partial charge in [0.15, 0.2) is 0 Å². The molecule has 0 aliphatic rings. The summed E-state index contributed by atoms with van der Waals surface area (Å²) in [4.78, 5) is 10.3. The van der Waals surface area contributed by atoms with E-state index in [4.69, 9.17) is 5.11 Å². The standard InChI is InChI=1S/C18H34O2.C3H6/c1-2-3-4-5-6-7-8-9-10-11-12-13-14-15-16-17-18(19)20;1-3-2/h9-10H,2-8,11-17H2,1H3,(H,19,20);3H,1H2,2H3. The van der Waals surface area contributed by atoms with Crippen LogP contribution in [0.2, 0.25) is 0 Å². The molecule has 0 saturated carbocycles. The van der Waals surface area contributed by atoms with Crippen molar-refractivity contribution in [3.05, 3.63) is 24.8 Å². The molecule has 0 amide bonds. The van der Waals surface area contributed by atoms with Gasteiger partial charge in [-0.2, -0.15) is 0 Å². The maximum atomic E-state index is 10.3. The predicted octanol–water partition coefficient (Wildman–Crippen LogP) is 7.30. The summed E-state index contributed by atoms with van der Waals surface area (Å²) in [7, 11) is 0.